The Kier molecular flexibility index (Phi) is 7.37. The van der Waals surface area contributed by atoms with Crippen molar-refractivity contribution in [1.82, 2.24) is 4.90 Å². The largest absolute Gasteiger partial charge is 0.383 e. The van der Waals surface area contributed by atoms with Gasteiger partial charge in [-0.2, -0.15) is 0 Å². The van der Waals surface area contributed by atoms with Crippen LogP contribution in [0.1, 0.15) is 6.92 Å². The summed E-state index contributed by atoms with van der Waals surface area (Å²) < 4.78 is 9.92. The Morgan fingerprint density at radius 2 is 2.21 bits per heavy atom. The molecular formula is C9H20N2O3. The maximum atomic E-state index is 11.5. The molecule has 0 rings (SSSR count). The van der Waals surface area contributed by atoms with Gasteiger partial charge in [-0.15, -0.1) is 0 Å². The molecule has 0 aromatic rings. The molecule has 14 heavy (non-hydrogen) atoms. The molecule has 5 nitrogen and oxygen atoms in total. The summed E-state index contributed by atoms with van der Waals surface area (Å²) in [6, 6.07) is -0.577. The van der Waals surface area contributed by atoms with Crippen LogP contribution in [0, 0.1) is 0 Å². The SMILES string of the molecule is CCOCCN(C)C(=O)C(N)COC. The molecule has 0 heterocycles. The molecule has 0 spiro atoms. The molecule has 0 bridgehead atoms. The molecule has 0 radical (unpaired) electrons. The second-order valence-corrected chi connectivity index (χ2v) is 3.02. The summed E-state index contributed by atoms with van der Waals surface area (Å²) in [5, 5.41) is 0. The fourth-order valence-electron chi connectivity index (χ4n) is 0.990. The van der Waals surface area contributed by atoms with Gasteiger partial charge in [0.2, 0.25) is 5.91 Å². The van der Waals surface area contributed by atoms with Gasteiger partial charge in [0.05, 0.1) is 13.2 Å². The van der Waals surface area contributed by atoms with E-state index in [2.05, 4.69) is 0 Å². The fraction of sp³-hybridized carbons (Fsp3) is 0.889. The van der Waals surface area contributed by atoms with Gasteiger partial charge in [-0.1, -0.05) is 0 Å². The molecule has 84 valence electrons. The Morgan fingerprint density at radius 3 is 2.71 bits per heavy atom. The van der Waals surface area contributed by atoms with Gasteiger partial charge in [0.1, 0.15) is 6.04 Å². The van der Waals surface area contributed by atoms with Gasteiger partial charge in [-0.05, 0) is 6.92 Å². The van der Waals surface area contributed by atoms with E-state index in [1.165, 1.54) is 7.11 Å². The summed E-state index contributed by atoms with van der Waals surface area (Å²) in [6.07, 6.45) is 0. The summed E-state index contributed by atoms with van der Waals surface area (Å²) in [5.74, 6) is -0.119. The first-order valence-corrected chi connectivity index (χ1v) is 4.70. The fourth-order valence-corrected chi connectivity index (χ4v) is 0.990. The molecule has 0 aromatic carbocycles. The summed E-state index contributed by atoms with van der Waals surface area (Å²) >= 11 is 0. The lowest BCUT2D eigenvalue weighted by Crippen LogP contribution is -2.45. The van der Waals surface area contributed by atoms with Crippen LogP contribution in [0.25, 0.3) is 0 Å². The average Bonchev–Trinajstić information content (AvgIpc) is 2.17. The van der Waals surface area contributed by atoms with Crippen molar-refractivity contribution in [2.45, 2.75) is 13.0 Å². The maximum absolute atomic E-state index is 11.5. The van der Waals surface area contributed by atoms with Crippen LogP contribution in [-0.4, -0.2) is 57.4 Å². The first-order chi connectivity index (χ1) is 6.63. The minimum Gasteiger partial charge on any atom is -0.383 e. The van der Waals surface area contributed by atoms with E-state index in [1.807, 2.05) is 6.92 Å². The molecule has 0 aliphatic carbocycles. The zero-order valence-electron chi connectivity index (χ0n) is 9.16. The Bertz CT molecular complexity index is 164. The number of nitrogens with zero attached hydrogens (tertiary/aromatic N) is 1. The molecule has 1 atom stereocenters. The van der Waals surface area contributed by atoms with Gasteiger partial charge >= 0.3 is 0 Å². The first-order valence-electron chi connectivity index (χ1n) is 4.70. The Balaban J connectivity index is 3.74. The second kappa shape index (κ2) is 7.73. The number of hydrogen-bond donors (Lipinski definition) is 1. The van der Waals surface area contributed by atoms with Crippen molar-refractivity contribution >= 4 is 5.91 Å². The molecule has 0 aromatic heterocycles. The van der Waals surface area contributed by atoms with Crippen LogP contribution in [0.5, 0.6) is 0 Å². The number of carbonyl (C=O) groups is 1. The van der Waals surface area contributed by atoms with Crippen LogP contribution in [0.3, 0.4) is 0 Å². The van der Waals surface area contributed by atoms with Crippen molar-refractivity contribution in [3.63, 3.8) is 0 Å². The lowest BCUT2D eigenvalue weighted by atomic mass is 10.3. The number of ether oxygens (including phenoxy) is 2. The quantitative estimate of drug-likeness (QED) is 0.565. The zero-order valence-corrected chi connectivity index (χ0v) is 9.16. The molecule has 1 amide bonds. The molecule has 2 N–H and O–H groups in total. The van der Waals surface area contributed by atoms with Crippen molar-refractivity contribution in [2.75, 3.05) is 40.5 Å². The summed E-state index contributed by atoms with van der Waals surface area (Å²) in [6.45, 7) is 3.92. The van der Waals surface area contributed by atoms with Crippen molar-refractivity contribution < 1.29 is 14.3 Å². The number of rotatable bonds is 7. The number of carbonyl (C=O) groups excluding carboxylic acids is 1. The zero-order chi connectivity index (χ0) is 11.0. The van der Waals surface area contributed by atoms with Crippen molar-refractivity contribution in [1.29, 1.82) is 0 Å². The van der Waals surface area contributed by atoms with Crippen LogP contribution in [-0.2, 0) is 14.3 Å². The third-order valence-corrected chi connectivity index (χ3v) is 1.81. The number of amides is 1. The Hall–Kier alpha value is -0.650. The smallest absolute Gasteiger partial charge is 0.241 e. The van der Waals surface area contributed by atoms with Crippen LogP contribution in [0.15, 0.2) is 0 Å². The predicted octanol–water partition coefficient (Wildman–Crippen LogP) is -0.545. The van der Waals surface area contributed by atoms with Crippen LogP contribution < -0.4 is 5.73 Å². The minimum absolute atomic E-state index is 0.119. The number of nitrogens with two attached hydrogens (primary N) is 1. The number of hydrogen-bond acceptors (Lipinski definition) is 4. The van der Waals surface area contributed by atoms with E-state index >= 15 is 0 Å². The van der Waals surface area contributed by atoms with E-state index in [4.69, 9.17) is 15.2 Å². The van der Waals surface area contributed by atoms with Gasteiger partial charge in [-0.25, -0.2) is 0 Å². The third-order valence-electron chi connectivity index (χ3n) is 1.81. The highest BCUT2D eigenvalue weighted by Crippen LogP contribution is 1.91. The molecule has 0 aliphatic heterocycles. The van der Waals surface area contributed by atoms with E-state index in [-0.39, 0.29) is 12.5 Å². The van der Waals surface area contributed by atoms with Gasteiger partial charge < -0.3 is 20.1 Å². The van der Waals surface area contributed by atoms with Gasteiger partial charge in [0.15, 0.2) is 0 Å². The monoisotopic (exact) mass is 204 g/mol. The van der Waals surface area contributed by atoms with E-state index < -0.39 is 6.04 Å². The topological polar surface area (TPSA) is 64.8 Å². The number of methoxy groups -OCH3 is 1. The first kappa shape index (κ1) is 13.4. The molecule has 5 heteroatoms. The van der Waals surface area contributed by atoms with Crippen LogP contribution >= 0.6 is 0 Å². The summed E-state index contributed by atoms with van der Waals surface area (Å²) in [5.41, 5.74) is 5.58. The highest BCUT2D eigenvalue weighted by molar-refractivity contribution is 5.81. The lowest BCUT2D eigenvalue weighted by Gasteiger charge is -2.20. The minimum atomic E-state index is -0.577. The van der Waals surface area contributed by atoms with Gasteiger partial charge in [-0.3, -0.25) is 4.79 Å². The average molecular weight is 204 g/mol. The normalized spacial score (nSPS) is 12.6. The summed E-state index contributed by atoms with van der Waals surface area (Å²) in [7, 11) is 3.23. The molecule has 1 unspecified atom stereocenters. The van der Waals surface area contributed by atoms with Gasteiger partial charge in [0, 0.05) is 27.3 Å². The molecule has 0 saturated heterocycles. The predicted molar refractivity (Wildman–Crippen MR) is 54.0 cm³/mol. The third kappa shape index (κ3) is 5.16. The lowest BCUT2D eigenvalue weighted by molar-refractivity contribution is -0.133. The molecular weight excluding hydrogens is 184 g/mol. The van der Waals surface area contributed by atoms with E-state index in [0.29, 0.717) is 19.8 Å². The van der Waals surface area contributed by atoms with Gasteiger partial charge in [0.25, 0.3) is 0 Å². The second-order valence-electron chi connectivity index (χ2n) is 3.02. The van der Waals surface area contributed by atoms with Crippen LogP contribution in [0.2, 0.25) is 0 Å². The molecule has 0 fully saturated rings. The standard InChI is InChI=1S/C9H20N2O3/c1-4-14-6-5-11(2)9(12)8(10)7-13-3/h8H,4-7,10H2,1-3H3. The Morgan fingerprint density at radius 1 is 1.57 bits per heavy atom. The number of likely N-dealkylation sites (N-methyl/N-ethyl adjacent to an activating group) is 1. The maximum Gasteiger partial charge on any atom is 0.241 e. The highest BCUT2D eigenvalue weighted by atomic mass is 16.5. The van der Waals surface area contributed by atoms with Crippen molar-refractivity contribution in [3.8, 4) is 0 Å². The summed E-state index contributed by atoms with van der Waals surface area (Å²) in [4.78, 5) is 13.0. The van der Waals surface area contributed by atoms with E-state index in [9.17, 15) is 4.79 Å². The Labute approximate surface area is 85.1 Å². The van der Waals surface area contributed by atoms with E-state index in [1.54, 1.807) is 11.9 Å². The van der Waals surface area contributed by atoms with Crippen LogP contribution in [0.4, 0.5) is 0 Å². The van der Waals surface area contributed by atoms with E-state index in [0.717, 1.165) is 0 Å². The molecule has 0 aliphatic rings. The van der Waals surface area contributed by atoms with Crippen molar-refractivity contribution in [2.24, 2.45) is 5.73 Å². The highest BCUT2D eigenvalue weighted by Gasteiger charge is 2.16. The van der Waals surface area contributed by atoms with Crippen molar-refractivity contribution in [3.05, 3.63) is 0 Å². The molecule has 0 saturated carbocycles.